The Kier molecular flexibility index (Phi) is 5.45. The van der Waals surface area contributed by atoms with Gasteiger partial charge in [-0.15, -0.1) is 11.3 Å². The molecule has 0 radical (unpaired) electrons. The minimum atomic E-state index is -0.890. The summed E-state index contributed by atoms with van der Waals surface area (Å²) in [6, 6.07) is 7.48. The quantitative estimate of drug-likeness (QED) is 0.825. The summed E-state index contributed by atoms with van der Waals surface area (Å²) >= 11 is 1.61. The van der Waals surface area contributed by atoms with E-state index in [-0.39, 0.29) is 19.3 Å². The first-order valence-corrected chi connectivity index (χ1v) is 8.98. The lowest BCUT2D eigenvalue weighted by Gasteiger charge is -2.33. The summed E-state index contributed by atoms with van der Waals surface area (Å²) in [7, 11) is 1.56. The molecule has 0 saturated carbocycles. The van der Waals surface area contributed by atoms with Crippen molar-refractivity contribution in [1.29, 1.82) is 0 Å². The van der Waals surface area contributed by atoms with Gasteiger partial charge in [-0.1, -0.05) is 6.07 Å². The van der Waals surface area contributed by atoms with Crippen molar-refractivity contribution in [3.8, 4) is 11.5 Å². The second kappa shape index (κ2) is 7.76. The van der Waals surface area contributed by atoms with Crippen LogP contribution in [-0.2, 0) is 12.8 Å². The molecule has 25 heavy (non-hydrogen) atoms. The van der Waals surface area contributed by atoms with Crippen LogP contribution < -0.4 is 9.47 Å². The highest BCUT2D eigenvalue weighted by Gasteiger charge is 2.32. The van der Waals surface area contributed by atoms with Crippen LogP contribution in [0.25, 0.3) is 0 Å². The van der Waals surface area contributed by atoms with Crippen LogP contribution in [0, 0.1) is 0 Å². The van der Waals surface area contributed by atoms with E-state index < -0.39 is 6.09 Å². The lowest BCUT2D eigenvalue weighted by molar-refractivity contribution is 0.121. The highest BCUT2D eigenvalue weighted by Crippen LogP contribution is 2.37. The topological polar surface area (TPSA) is 79.2 Å². The smallest absolute Gasteiger partial charge is 0.407 e. The van der Waals surface area contributed by atoms with Gasteiger partial charge in [0.15, 0.2) is 11.5 Å². The van der Waals surface area contributed by atoms with Crippen molar-refractivity contribution in [3.63, 3.8) is 0 Å². The monoisotopic (exact) mass is 363 g/mol. The third-order valence-corrected chi connectivity index (χ3v) is 5.39. The average molecular weight is 363 g/mol. The maximum Gasteiger partial charge on any atom is 0.407 e. The van der Waals surface area contributed by atoms with Crippen molar-refractivity contribution in [2.75, 3.05) is 26.9 Å². The molecule has 0 bridgehead atoms. The maximum atomic E-state index is 11.6. The Labute approximate surface area is 150 Å². The number of aliphatic hydroxyl groups excluding tert-OH is 1. The van der Waals surface area contributed by atoms with E-state index in [0.29, 0.717) is 24.5 Å². The zero-order chi connectivity index (χ0) is 17.8. The summed E-state index contributed by atoms with van der Waals surface area (Å²) in [5.41, 5.74) is 2.22. The van der Waals surface area contributed by atoms with E-state index in [1.54, 1.807) is 24.5 Å². The number of amides is 1. The first-order valence-electron chi connectivity index (χ1n) is 8.10. The Morgan fingerprint density at radius 2 is 2.20 bits per heavy atom. The molecule has 6 nitrogen and oxygen atoms in total. The zero-order valence-corrected chi connectivity index (χ0v) is 14.8. The molecule has 1 unspecified atom stereocenters. The number of nitrogens with zero attached hydrogens (tertiary/aromatic N) is 1. The van der Waals surface area contributed by atoms with Gasteiger partial charge in [0.2, 0.25) is 0 Å². The van der Waals surface area contributed by atoms with Gasteiger partial charge in [-0.05, 0) is 47.5 Å². The molecule has 0 aliphatic carbocycles. The molecule has 1 atom stereocenters. The molecule has 134 valence electrons. The maximum absolute atomic E-state index is 11.6. The molecule has 1 amide bonds. The van der Waals surface area contributed by atoms with E-state index in [1.165, 1.54) is 10.5 Å². The number of aliphatic hydroxyl groups is 1. The Bertz CT molecular complexity index is 745. The van der Waals surface area contributed by atoms with Gasteiger partial charge in [0.1, 0.15) is 6.61 Å². The molecule has 2 aromatic rings. The molecule has 1 aliphatic rings. The third-order valence-electron chi connectivity index (χ3n) is 4.33. The Hall–Kier alpha value is -2.25. The largest absolute Gasteiger partial charge is 0.493 e. The van der Waals surface area contributed by atoms with Gasteiger partial charge in [-0.3, -0.25) is 4.90 Å². The van der Waals surface area contributed by atoms with Gasteiger partial charge in [0, 0.05) is 11.4 Å². The van der Waals surface area contributed by atoms with Crippen LogP contribution in [0.3, 0.4) is 0 Å². The first kappa shape index (κ1) is 17.6. The fourth-order valence-corrected chi connectivity index (χ4v) is 4.22. The summed E-state index contributed by atoms with van der Waals surface area (Å²) in [6.45, 7) is 0.643. The summed E-state index contributed by atoms with van der Waals surface area (Å²) in [6.07, 6.45) is 0.453. The molecule has 2 N–H and O–H groups in total. The van der Waals surface area contributed by atoms with Crippen molar-refractivity contribution < 1.29 is 24.5 Å². The lowest BCUT2D eigenvalue weighted by atomic mass is 9.96. The van der Waals surface area contributed by atoms with Gasteiger partial charge in [-0.2, -0.15) is 0 Å². The van der Waals surface area contributed by atoms with Gasteiger partial charge in [0.25, 0.3) is 0 Å². The number of hydrogen-bond acceptors (Lipinski definition) is 5. The third kappa shape index (κ3) is 3.72. The number of carbonyl (C=O) groups is 1. The zero-order valence-electron chi connectivity index (χ0n) is 14.0. The summed E-state index contributed by atoms with van der Waals surface area (Å²) in [5, 5.41) is 20.5. The predicted octanol–water partition coefficient (Wildman–Crippen LogP) is 2.95. The molecule has 2 heterocycles. The number of ether oxygens (including phenoxy) is 2. The van der Waals surface area contributed by atoms with Crippen molar-refractivity contribution in [2.45, 2.75) is 18.9 Å². The van der Waals surface area contributed by atoms with E-state index in [1.807, 2.05) is 17.5 Å². The van der Waals surface area contributed by atoms with Crippen LogP contribution in [0.15, 0.2) is 29.6 Å². The normalized spacial score (nSPS) is 16.4. The van der Waals surface area contributed by atoms with Crippen molar-refractivity contribution in [3.05, 3.63) is 45.6 Å². The fourth-order valence-electron chi connectivity index (χ4n) is 3.15. The molecule has 7 heteroatoms. The predicted molar refractivity (Wildman–Crippen MR) is 94.8 cm³/mol. The van der Waals surface area contributed by atoms with E-state index >= 15 is 0 Å². The van der Waals surface area contributed by atoms with Gasteiger partial charge in [0.05, 0.1) is 19.8 Å². The van der Waals surface area contributed by atoms with Gasteiger partial charge < -0.3 is 19.7 Å². The van der Waals surface area contributed by atoms with E-state index in [2.05, 4.69) is 6.07 Å². The van der Waals surface area contributed by atoms with Crippen LogP contribution in [-0.4, -0.2) is 48.1 Å². The molecular weight excluding hydrogens is 342 g/mol. The Morgan fingerprint density at radius 1 is 1.36 bits per heavy atom. The number of carboxylic acid groups (broad SMARTS) is 1. The summed E-state index contributed by atoms with van der Waals surface area (Å²) in [4.78, 5) is 14.3. The Morgan fingerprint density at radius 3 is 2.92 bits per heavy atom. The molecule has 1 aliphatic heterocycles. The highest BCUT2D eigenvalue weighted by molar-refractivity contribution is 7.10. The second-order valence-electron chi connectivity index (χ2n) is 5.81. The van der Waals surface area contributed by atoms with E-state index in [4.69, 9.17) is 14.6 Å². The van der Waals surface area contributed by atoms with E-state index in [9.17, 15) is 9.90 Å². The minimum Gasteiger partial charge on any atom is -0.493 e. The van der Waals surface area contributed by atoms with Crippen LogP contribution >= 0.6 is 11.3 Å². The van der Waals surface area contributed by atoms with Gasteiger partial charge in [-0.25, -0.2) is 4.79 Å². The molecule has 3 rings (SSSR count). The molecule has 0 fully saturated rings. The lowest BCUT2D eigenvalue weighted by Crippen LogP contribution is -2.39. The average Bonchev–Trinajstić information content (AvgIpc) is 3.09. The minimum absolute atomic E-state index is 0.0678. The van der Waals surface area contributed by atoms with Crippen molar-refractivity contribution >= 4 is 17.4 Å². The molecular formula is C18H21NO5S. The number of rotatable bonds is 6. The first-order chi connectivity index (χ1) is 12.1. The summed E-state index contributed by atoms with van der Waals surface area (Å²) in [5.74, 6) is 1.14. The highest BCUT2D eigenvalue weighted by atomic mass is 32.1. The van der Waals surface area contributed by atoms with Gasteiger partial charge >= 0.3 is 6.09 Å². The second-order valence-corrected chi connectivity index (χ2v) is 6.76. The summed E-state index contributed by atoms with van der Waals surface area (Å²) < 4.78 is 10.8. The van der Waals surface area contributed by atoms with Crippen LogP contribution in [0.1, 0.15) is 22.0 Å². The molecule has 1 aromatic carbocycles. The molecule has 0 spiro atoms. The number of hydrogen-bond donors (Lipinski definition) is 2. The van der Waals surface area contributed by atoms with Crippen LogP contribution in [0.4, 0.5) is 4.79 Å². The van der Waals surface area contributed by atoms with Crippen LogP contribution in [0.5, 0.6) is 11.5 Å². The molecule has 0 saturated heterocycles. The number of fused-ring (bicyclic) bond motifs is 1. The number of benzene rings is 1. The fraction of sp³-hybridized carbons (Fsp3) is 0.389. The number of thiophene rings is 1. The van der Waals surface area contributed by atoms with Crippen LogP contribution in [0.2, 0.25) is 0 Å². The standard InChI is InChI=1S/C18H21NO5S/c1-23-16-11-12(2-3-15(16)24-8-7-20)10-14-17-13(5-9-25-17)4-6-19(14)18(21)22/h2-3,5,9,11,14,20H,4,6-8,10H2,1H3,(H,21,22). The van der Waals surface area contributed by atoms with Crippen molar-refractivity contribution in [1.82, 2.24) is 4.90 Å². The van der Waals surface area contributed by atoms with Crippen molar-refractivity contribution in [2.24, 2.45) is 0 Å². The van der Waals surface area contributed by atoms with E-state index in [0.717, 1.165) is 16.9 Å². The number of methoxy groups -OCH3 is 1. The Balaban J connectivity index is 1.86. The molecule has 1 aromatic heterocycles. The SMILES string of the molecule is COc1cc(CC2c3sccc3CCN2C(=O)O)ccc1OCCO.